The van der Waals surface area contributed by atoms with Crippen molar-refractivity contribution >= 4 is 16.7 Å². The number of para-hydroxylation sites is 1. The van der Waals surface area contributed by atoms with E-state index in [9.17, 15) is 4.79 Å². The number of fused-ring (bicyclic) bond motifs is 3. The Morgan fingerprint density at radius 2 is 1.82 bits per heavy atom. The molecule has 0 radical (unpaired) electrons. The van der Waals surface area contributed by atoms with Crippen LogP contribution in [0.2, 0.25) is 0 Å². The number of hydrogen-bond acceptors (Lipinski definition) is 6. The molecule has 6 nitrogen and oxygen atoms in total. The molecule has 33 heavy (non-hydrogen) atoms. The summed E-state index contributed by atoms with van der Waals surface area (Å²) in [6.45, 7) is 3.19. The van der Waals surface area contributed by atoms with Crippen LogP contribution in [0.3, 0.4) is 0 Å². The monoisotopic (exact) mass is 443 g/mol. The Hall–Kier alpha value is -3.93. The summed E-state index contributed by atoms with van der Waals surface area (Å²) in [5.41, 5.74) is 4.89. The van der Waals surface area contributed by atoms with E-state index in [0.29, 0.717) is 46.9 Å². The van der Waals surface area contributed by atoms with Crippen LogP contribution in [0.15, 0.2) is 70.1 Å². The Labute approximate surface area is 191 Å². The van der Waals surface area contributed by atoms with Crippen LogP contribution in [0.5, 0.6) is 17.2 Å². The van der Waals surface area contributed by atoms with Crippen molar-refractivity contribution in [2.24, 2.45) is 0 Å². The van der Waals surface area contributed by atoms with Crippen molar-refractivity contribution in [2.75, 3.05) is 25.9 Å². The van der Waals surface area contributed by atoms with Crippen molar-refractivity contribution in [3.05, 3.63) is 82.2 Å². The van der Waals surface area contributed by atoms with E-state index in [1.54, 1.807) is 32.4 Å². The first kappa shape index (κ1) is 20.9. The quantitative estimate of drug-likeness (QED) is 0.412. The molecular formula is C27H25NO5. The summed E-state index contributed by atoms with van der Waals surface area (Å²) in [6.07, 6.45) is 2.45. The second-order valence-corrected chi connectivity index (χ2v) is 7.92. The van der Waals surface area contributed by atoms with Gasteiger partial charge < -0.3 is 23.5 Å². The molecule has 0 unspecified atom stereocenters. The molecule has 1 aliphatic heterocycles. The second-order valence-electron chi connectivity index (χ2n) is 7.92. The number of aryl methyl sites for hydroxylation is 1. The maximum absolute atomic E-state index is 13.4. The van der Waals surface area contributed by atoms with Crippen LogP contribution < -0.4 is 24.5 Å². The Bertz CT molecular complexity index is 1390. The number of hydrogen-bond donors (Lipinski definition) is 0. The molecule has 0 aliphatic carbocycles. The minimum Gasteiger partial charge on any atom is -0.493 e. The van der Waals surface area contributed by atoms with Crippen molar-refractivity contribution < 1.29 is 18.6 Å². The van der Waals surface area contributed by atoms with E-state index in [-0.39, 0.29) is 5.43 Å². The van der Waals surface area contributed by atoms with Crippen LogP contribution in [0.1, 0.15) is 18.1 Å². The van der Waals surface area contributed by atoms with Crippen molar-refractivity contribution in [1.29, 1.82) is 0 Å². The Morgan fingerprint density at radius 3 is 2.61 bits per heavy atom. The highest BCUT2D eigenvalue weighted by atomic mass is 16.5. The van der Waals surface area contributed by atoms with Gasteiger partial charge in [-0.05, 0) is 47.9 Å². The van der Waals surface area contributed by atoms with Gasteiger partial charge in [0.05, 0.1) is 37.3 Å². The van der Waals surface area contributed by atoms with Gasteiger partial charge in [-0.2, -0.15) is 0 Å². The third-order valence-electron chi connectivity index (χ3n) is 6.13. The van der Waals surface area contributed by atoms with E-state index < -0.39 is 0 Å². The fourth-order valence-electron chi connectivity index (χ4n) is 4.38. The summed E-state index contributed by atoms with van der Waals surface area (Å²) >= 11 is 0. The van der Waals surface area contributed by atoms with Crippen molar-refractivity contribution in [2.45, 2.75) is 19.9 Å². The first-order valence-electron chi connectivity index (χ1n) is 10.9. The third kappa shape index (κ3) is 3.57. The fourth-order valence-corrected chi connectivity index (χ4v) is 4.38. The van der Waals surface area contributed by atoms with E-state index >= 15 is 0 Å². The van der Waals surface area contributed by atoms with Gasteiger partial charge in [-0.3, -0.25) is 4.79 Å². The van der Waals surface area contributed by atoms with Gasteiger partial charge >= 0.3 is 0 Å². The lowest BCUT2D eigenvalue weighted by atomic mass is 10.0. The summed E-state index contributed by atoms with van der Waals surface area (Å²) in [5, 5.41) is 0.523. The molecule has 0 spiro atoms. The average Bonchev–Trinajstić information content (AvgIpc) is 2.88. The molecule has 0 bridgehead atoms. The zero-order valence-corrected chi connectivity index (χ0v) is 18.9. The maximum atomic E-state index is 13.4. The Morgan fingerprint density at radius 1 is 1.00 bits per heavy atom. The largest absolute Gasteiger partial charge is 0.493 e. The summed E-state index contributed by atoms with van der Waals surface area (Å²) in [5.74, 6) is 1.90. The minimum absolute atomic E-state index is 0.0997. The van der Waals surface area contributed by atoms with E-state index in [2.05, 4.69) is 24.0 Å². The Balaban J connectivity index is 1.58. The summed E-state index contributed by atoms with van der Waals surface area (Å²) in [7, 11) is 3.15. The van der Waals surface area contributed by atoms with Gasteiger partial charge in [-0.25, -0.2) is 0 Å². The van der Waals surface area contributed by atoms with E-state index in [1.807, 2.05) is 24.3 Å². The molecule has 0 atom stereocenters. The lowest BCUT2D eigenvalue weighted by Crippen LogP contribution is -2.32. The first-order chi connectivity index (χ1) is 16.1. The summed E-state index contributed by atoms with van der Waals surface area (Å²) in [4.78, 5) is 15.6. The molecule has 5 rings (SSSR count). The Kier molecular flexibility index (Phi) is 5.42. The molecule has 6 heteroatoms. The van der Waals surface area contributed by atoms with Crippen LogP contribution in [0.4, 0.5) is 5.69 Å². The number of methoxy groups -OCH3 is 2. The topological polar surface area (TPSA) is 61.1 Å². The minimum atomic E-state index is -0.0997. The van der Waals surface area contributed by atoms with Gasteiger partial charge in [0.1, 0.15) is 17.6 Å². The molecule has 0 N–H and O–H groups in total. The van der Waals surface area contributed by atoms with Gasteiger partial charge in [0.15, 0.2) is 18.2 Å². The van der Waals surface area contributed by atoms with Crippen molar-refractivity contribution in [1.82, 2.24) is 0 Å². The molecule has 168 valence electrons. The van der Waals surface area contributed by atoms with Crippen LogP contribution in [0.25, 0.3) is 22.1 Å². The highest BCUT2D eigenvalue weighted by molar-refractivity contribution is 5.86. The molecule has 2 heterocycles. The standard InChI is InChI=1S/C27H25NO5/c1-4-17-7-5-6-8-22(17)28-14-20-23(33-16-28)12-10-19-26(29)21(15-32-27(19)20)18-9-11-24(30-2)25(13-18)31-3/h5-13,15H,4,14,16H2,1-3H3. The SMILES string of the molecule is CCc1ccccc1N1COc2ccc3c(=O)c(-c4ccc(OC)c(OC)c4)coc3c2C1. The molecule has 0 fully saturated rings. The van der Waals surface area contributed by atoms with Gasteiger partial charge in [0.25, 0.3) is 0 Å². The van der Waals surface area contributed by atoms with Gasteiger partial charge in [0, 0.05) is 5.69 Å². The highest BCUT2D eigenvalue weighted by Crippen LogP contribution is 2.36. The molecule has 4 aromatic rings. The summed E-state index contributed by atoms with van der Waals surface area (Å²) < 4.78 is 22.8. The zero-order chi connectivity index (χ0) is 22.9. The van der Waals surface area contributed by atoms with Crippen molar-refractivity contribution in [3.8, 4) is 28.4 Å². The molecule has 3 aromatic carbocycles. The van der Waals surface area contributed by atoms with Crippen LogP contribution in [-0.4, -0.2) is 21.0 Å². The average molecular weight is 443 g/mol. The van der Waals surface area contributed by atoms with Gasteiger partial charge in [0.2, 0.25) is 5.43 Å². The van der Waals surface area contributed by atoms with E-state index in [1.165, 1.54) is 11.8 Å². The van der Waals surface area contributed by atoms with Crippen molar-refractivity contribution in [3.63, 3.8) is 0 Å². The maximum Gasteiger partial charge on any atom is 0.200 e. The highest BCUT2D eigenvalue weighted by Gasteiger charge is 2.24. The first-order valence-corrected chi connectivity index (χ1v) is 10.9. The van der Waals surface area contributed by atoms with Crippen LogP contribution >= 0.6 is 0 Å². The van der Waals surface area contributed by atoms with Crippen LogP contribution in [-0.2, 0) is 13.0 Å². The number of nitrogens with zero attached hydrogens (tertiary/aromatic N) is 1. The molecule has 0 saturated carbocycles. The lowest BCUT2D eigenvalue weighted by Gasteiger charge is -2.32. The molecular weight excluding hydrogens is 418 g/mol. The fraction of sp³-hybridized carbons (Fsp3) is 0.222. The van der Waals surface area contributed by atoms with E-state index in [0.717, 1.165) is 23.4 Å². The number of anilines is 1. The smallest absolute Gasteiger partial charge is 0.200 e. The number of benzene rings is 3. The normalized spacial score (nSPS) is 12.9. The van der Waals surface area contributed by atoms with Gasteiger partial charge in [-0.1, -0.05) is 31.2 Å². The second kappa shape index (κ2) is 8.54. The molecule has 0 saturated heterocycles. The number of ether oxygens (including phenoxy) is 3. The number of rotatable bonds is 5. The molecule has 1 aliphatic rings. The lowest BCUT2D eigenvalue weighted by molar-refractivity contribution is 0.289. The summed E-state index contributed by atoms with van der Waals surface area (Å²) in [6, 6.07) is 17.3. The predicted molar refractivity (Wildman–Crippen MR) is 129 cm³/mol. The third-order valence-corrected chi connectivity index (χ3v) is 6.13. The molecule has 0 amide bonds. The predicted octanol–water partition coefficient (Wildman–Crippen LogP) is 5.40. The van der Waals surface area contributed by atoms with E-state index in [4.69, 9.17) is 18.6 Å². The zero-order valence-electron chi connectivity index (χ0n) is 18.9. The molecule has 1 aromatic heterocycles. The van der Waals surface area contributed by atoms with Gasteiger partial charge in [-0.15, -0.1) is 0 Å². The van der Waals surface area contributed by atoms with Crippen LogP contribution in [0, 0.1) is 0 Å².